The summed E-state index contributed by atoms with van der Waals surface area (Å²) >= 11 is 0. The Balaban J connectivity index is 1.64. The molecule has 0 aromatic heterocycles. The molecule has 1 saturated heterocycles. The van der Waals surface area contributed by atoms with Crippen LogP contribution in [0.4, 0.5) is 10.5 Å². The number of nitrogens with zero attached hydrogens (tertiary/aromatic N) is 2. The zero-order chi connectivity index (χ0) is 15.6. The molecule has 0 bridgehead atoms. The molecule has 1 aliphatic heterocycles. The molecule has 1 aliphatic carbocycles. The highest BCUT2D eigenvalue weighted by atomic mass is 16.2. The molecule has 2 amide bonds. The lowest BCUT2D eigenvalue weighted by Gasteiger charge is -2.48. The Bertz CT molecular complexity index is 508. The third-order valence-corrected chi connectivity index (χ3v) is 4.95. The van der Waals surface area contributed by atoms with Gasteiger partial charge in [0, 0.05) is 31.4 Å². The van der Waals surface area contributed by atoms with Crippen LogP contribution in [0.1, 0.15) is 39.5 Å². The van der Waals surface area contributed by atoms with Crippen LogP contribution in [-0.2, 0) is 0 Å². The van der Waals surface area contributed by atoms with Crippen LogP contribution in [0.2, 0.25) is 0 Å². The van der Waals surface area contributed by atoms with Crippen LogP contribution >= 0.6 is 0 Å². The molecule has 4 nitrogen and oxygen atoms in total. The molecule has 120 valence electrons. The summed E-state index contributed by atoms with van der Waals surface area (Å²) in [6, 6.07) is 11.0. The fourth-order valence-corrected chi connectivity index (χ4v) is 3.71. The monoisotopic (exact) mass is 301 g/mol. The van der Waals surface area contributed by atoms with E-state index in [4.69, 9.17) is 0 Å². The summed E-state index contributed by atoms with van der Waals surface area (Å²) < 4.78 is 0. The minimum Gasteiger partial charge on any atom is -0.367 e. The smallest absolute Gasteiger partial charge is 0.318 e. The second-order valence-electron chi connectivity index (χ2n) is 7.15. The van der Waals surface area contributed by atoms with E-state index in [0.717, 1.165) is 32.5 Å². The normalized spacial score (nSPS) is 21.9. The summed E-state index contributed by atoms with van der Waals surface area (Å²) in [7, 11) is 0. The highest BCUT2D eigenvalue weighted by Gasteiger charge is 2.37. The number of nitrogens with one attached hydrogen (secondary N) is 1. The Morgan fingerprint density at radius 3 is 2.45 bits per heavy atom. The average Bonchev–Trinajstić information content (AvgIpc) is 3.00. The fraction of sp³-hybridized carbons (Fsp3) is 0.611. The number of piperazine rings is 1. The van der Waals surface area contributed by atoms with Crippen LogP contribution in [0.25, 0.3) is 0 Å². The predicted molar refractivity (Wildman–Crippen MR) is 90.2 cm³/mol. The largest absolute Gasteiger partial charge is 0.367 e. The van der Waals surface area contributed by atoms with Gasteiger partial charge in [-0.2, -0.15) is 0 Å². The summed E-state index contributed by atoms with van der Waals surface area (Å²) in [5.74, 6) is 0. The third-order valence-electron chi connectivity index (χ3n) is 4.95. The van der Waals surface area contributed by atoms with E-state index < -0.39 is 0 Å². The topological polar surface area (TPSA) is 35.6 Å². The maximum Gasteiger partial charge on any atom is 0.318 e. The van der Waals surface area contributed by atoms with E-state index in [0.29, 0.717) is 6.04 Å². The zero-order valence-electron chi connectivity index (χ0n) is 13.7. The van der Waals surface area contributed by atoms with E-state index in [9.17, 15) is 4.79 Å². The maximum atomic E-state index is 12.6. The van der Waals surface area contributed by atoms with Crippen LogP contribution in [0, 0.1) is 0 Å². The second-order valence-corrected chi connectivity index (χ2v) is 7.15. The van der Waals surface area contributed by atoms with Crippen LogP contribution in [0.15, 0.2) is 30.3 Å². The molecule has 3 rings (SSSR count). The first-order chi connectivity index (χ1) is 10.6. The molecule has 0 unspecified atom stereocenters. The van der Waals surface area contributed by atoms with E-state index in [2.05, 4.69) is 48.3 Å². The van der Waals surface area contributed by atoms with E-state index in [1.807, 2.05) is 11.0 Å². The van der Waals surface area contributed by atoms with E-state index in [1.165, 1.54) is 18.5 Å². The van der Waals surface area contributed by atoms with Crippen LogP contribution < -0.4 is 10.2 Å². The number of carbonyl (C=O) groups excluding carboxylic acids is 1. The van der Waals surface area contributed by atoms with Crippen molar-refractivity contribution in [2.24, 2.45) is 0 Å². The van der Waals surface area contributed by atoms with Gasteiger partial charge in [-0.15, -0.1) is 0 Å². The van der Waals surface area contributed by atoms with Gasteiger partial charge in [0.25, 0.3) is 0 Å². The van der Waals surface area contributed by atoms with Crippen LogP contribution in [0.3, 0.4) is 0 Å². The summed E-state index contributed by atoms with van der Waals surface area (Å²) in [5, 5.41) is 3.23. The lowest BCUT2D eigenvalue weighted by molar-refractivity contribution is 0.121. The van der Waals surface area contributed by atoms with Gasteiger partial charge in [0.2, 0.25) is 0 Å². The summed E-state index contributed by atoms with van der Waals surface area (Å²) in [5.41, 5.74) is 1.09. The second kappa shape index (κ2) is 6.19. The van der Waals surface area contributed by atoms with Gasteiger partial charge in [0.05, 0.1) is 5.54 Å². The van der Waals surface area contributed by atoms with Crippen LogP contribution in [0.5, 0.6) is 0 Å². The maximum absolute atomic E-state index is 12.6. The van der Waals surface area contributed by atoms with Crippen molar-refractivity contribution >= 4 is 11.7 Å². The Morgan fingerprint density at radius 1 is 1.14 bits per heavy atom. The lowest BCUT2D eigenvalue weighted by Crippen LogP contribution is -2.63. The molecule has 1 heterocycles. The van der Waals surface area contributed by atoms with Gasteiger partial charge in [-0.05, 0) is 38.8 Å². The standard InChI is InChI=1S/C18H27N3O/c1-18(2)14-20(16-10-4-3-5-11-16)12-13-21(18)17(22)19-15-8-6-7-9-15/h3-5,10-11,15H,6-9,12-14H2,1-2H3,(H,19,22). The number of hydrogen-bond donors (Lipinski definition) is 1. The number of anilines is 1. The van der Waals surface area contributed by atoms with E-state index >= 15 is 0 Å². The molecule has 0 atom stereocenters. The Kier molecular flexibility index (Phi) is 4.27. The minimum absolute atomic E-state index is 0.115. The van der Waals surface area contributed by atoms with Gasteiger partial charge in [-0.25, -0.2) is 4.79 Å². The molecule has 2 fully saturated rings. The molecule has 1 aromatic rings. The summed E-state index contributed by atoms with van der Waals surface area (Å²) in [6.45, 7) is 6.87. The number of carbonyl (C=O) groups is 1. The quantitative estimate of drug-likeness (QED) is 0.910. The highest BCUT2D eigenvalue weighted by Crippen LogP contribution is 2.26. The highest BCUT2D eigenvalue weighted by molar-refractivity contribution is 5.76. The first-order valence-corrected chi connectivity index (χ1v) is 8.44. The molecule has 0 radical (unpaired) electrons. The van der Waals surface area contributed by atoms with Gasteiger partial charge in [0.1, 0.15) is 0 Å². The minimum atomic E-state index is -0.156. The molecule has 1 saturated carbocycles. The van der Waals surface area contributed by atoms with Gasteiger partial charge < -0.3 is 15.1 Å². The molecule has 4 heteroatoms. The Morgan fingerprint density at radius 2 is 1.82 bits per heavy atom. The van der Waals surface area contributed by atoms with Crippen LogP contribution in [-0.4, -0.2) is 42.1 Å². The fourth-order valence-electron chi connectivity index (χ4n) is 3.71. The van der Waals surface area contributed by atoms with Crippen molar-refractivity contribution in [1.29, 1.82) is 0 Å². The number of rotatable bonds is 2. The van der Waals surface area contributed by atoms with Gasteiger partial charge in [-0.3, -0.25) is 0 Å². The lowest BCUT2D eigenvalue weighted by atomic mass is 9.98. The first-order valence-electron chi connectivity index (χ1n) is 8.44. The predicted octanol–water partition coefficient (Wildman–Crippen LogP) is 3.24. The number of para-hydroxylation sites is 1. The Labute approximate surface area is 133 Å². The van der Waals surface area contributed by atoms with Gasteiger partial charge in [0.15, 0.2) is 0 Å². The molecule has 22 heavy (non-hydrogen) atoms. The van der Waals surface area contributed by atoms with Crippen molar-refractivity contribution in [3.05, 3.63) is 30.3 Å². The van der Waals surface area contributed by atoms with Crippen molar-refractivity contribution in [2.75, 3.05) is 24.5 Å². The molecule has 2 aliphatic rings. The molecule has 0 spiro atoms. The van der Waals surface area contributed by atoms with Gasteiger partial charge >= 0.3 is 6.03 Å². The van der Waals surface area contributed by atoms with Gasteiger partial charge in [-0.1, -0.05) is 31.0 Å². The van der Waals surface area contributed by atoms with Crippen molar-refractivity contribution < 1.29 is 4.79 Å². The van der Waals surface area contributed by atoms with Crippen molar-refractivity contribution in [2.45, 2.75) is 51.1 Å². The van der Waals surface area contributed by atoms with E-state index in [1.54, 1.807) is 0 Å². The third kappa shape index (κ3) is 3.21. The van der Waals surface area contributed by atoms with Crippen molar-refractivity contribution in [3.8, 4) is 0 Å². The summed E-state index contributed by atoms with van der Waals surface area (Å²) in [6.07, 6.45) is 4.76. The number of hydrogen-bond acceptors (Lipinski definition) is 2. The van der Waals surface area contributed by atoms with Crippen molar-refractivity contribution in [3.63, 3.8) is 0 Å². The summed E-state index contributed by atoms with van der Waals surface area (Å²) in [4.78, 5) is 17.0. The number of amides is 2. The molecular formula is C18H27N3O. The zero-order valence-corrected chi connectivity index (χ0v) is 13.7. The first kappa shape index (κ1) is 15.2. The Hall–Kier alpha value is -1.71. The van der Waals surface area contributed by atoms with Crippen molar-refractivity contribution in [1.82, 2.24) is 10.2 Å². The number of urea groups is 1. The van der Waals surface area contributed by atoms with E-state index in [-0.39, 0.29) is 11.6 Å². The number of benzene rings is 1. The average molecular weight is 301 g/mol. The SMILES string of the molecule is CC1(C)CN(c2ccccc2)CCN1C(=O)NC1CCCC1. The molecule has 1 aromatic carbocycles. The molecular weight excluding hydrogens is 274 g/mol. The molecule has 1 N–H and O–H groups in total.